The molecule has 0 aliphatic rings. The summed E-state index contributed by atoms with van der Waals surface area (Å²) in [5, 5.41) is 0. The molecule has 0 amide bonds. The van der Waals surface area contributed by atoms with Gasteiger partial charge in [-0.3, -0.25) is 0 Å². The minimum atomic E-state index is -5.10. The first-order valence-corrected chi connectivity index (χ1v) is 2.81. The summed E-state index contributed by atoms with van der Waals surface area (Å²) < 4.78 is 47.6. The Morgan fingerprint density at radius 2 is 1.83 bits per heavy atom. The quantitative estimate of drug-likeness (QED) is 0.300. The van der Waals surface area contributed by atoms with Crippen molar-refractivity contribution < 1.29 is 68.7 Å². The van der Waals surface area contributed by atoms with Gasteiger partial charge in [0.25, 0.3) is 0 Å². The molecule has 7 heteroatoms. The van der Waals surface area contributed by atoms with Gasteiger partial charge < -0.3 is 12.9 Å². The van der Waals surface area contributed by atoms with E-state index in [0.717, 1.165) is 12.3 Å². The fourth-order valence-electron chi connectivity index (χ4n) is 0.621. The number of rotatable bonds is 1. The standard InChI is InChI=1S/C5H3BF4N.K/c7-5-3-4(1-2-11-5)6(8,9)10;/h1-3H;/q-1;+1. The molecule has 0 bridgehead atoms. The molecule has 1 heterocycles. The molecule has 0 fully saturated rings. The summed E-state index contributed by atoms with van der Waals surface area (Å²) in [6, 6.07) is 1.11. The SMILES string of the molecule is Fc1cc([B-](F)(F)F)ccn1.[K+]. The molecule has 0 spiro atoms. The second-order valence-electron chi connectivity index (χ2n) is 1.99. The van der Waals surface area contributed by atoms with E-state index in [1.807, 2.05) is 0 Å². The summed E-state index contributed by atoms with van der Waals surface area (Å²) in [7, 11) is 0. The Labute approximate surface area is 109 Å². The van der Waals surface area contributed by atoms with Crippen LogP contribution in [0.15, 0.2) is 18.3 Å². The predicted molar refractivity (Wildman–Crippen MR) is 32.9 cm³/mol. The number of pyridine rings is 1. The van der Waals surface area contributed by atoms with Crippen molar-refractivity contribution in [2.45, 2.75) is 0 Å². The minimum Gasteiger partial charge on any atom is -0.445 e. The third-order valence-corrected chi connectivity index (χ3v) is 1.13. The van der Waals surface area contributed by atoms with Crippen LogP contribution in [0.3, 0.4) is 0 Å². The maximum absolute atomic E-state index is 12.1. The molecule has 60 valence electrons. The summed E-state index contributed by atoms with van der Waals surface area (Å²) in [6.45, 7) is -5.10. The smallest absolute Gasteiger partial charge is 0.445 e. The van der Waals surface area contributed by atoms with Gasteiger partial charge in [0.05, 0.1) is 0 Å². The van der Waals surface area contributed by atoms with Crippen LogP contribution in [0, 0.1) is 5.95 Å². The van der Waals surface area contributed by atoms with E-state index in [1.54, 1.807) is 0 Å². The van der Waals surface area contributed by atoms with E-state index >= 15 is 0 Å². The van der Waals surface area contributed by atoms with Gasteiger partial charge in [0.2, 0.25) is 5.95 Å². The molecule has 1 aromatic rings. The summed E-state index contributed by atoms with van der Waals surface area (Å²) in [4.78, 5) is 3.00. The zero-order chi connectivity index (χ0) is 8.48. The number of hydrogen-bond donors (Lipinski definition) is 0. The Hall–Kier alpha value is 0.571. The number of nitrogens with zero attached hydrogens (tertiary/aromatic N) is 1. The average Bonchev–Trinajstić information content (AvgIpc) is 1.86. The Morgan fingerprint density at radius 1 is 1.25 bits per heavy atom. The Balaban J connectivity index is 0.00000121. The Kier molecular flexibility index (Phi) is 4.93. The molecule has 0 unspecified atom stereocenters. The molecule has 0 atom stereocenters. The normalized spacial score (nSPS) is 10.7. The van der Waals surface area contributed by atoms with Gasteiger partial charge in [0.1, 0.15) is 0 Å². The molecule has 0 saturated carbocycles. The van der Waals surface area contributed by atoms with Gasteiger partial charge in [-0.1, -0.05) is 6.07 Å². The van der Waals surface area contributed by atoms with Gasteiger partial charge in [-0.25, -0.2) is 4.98 Å². The number of halogens is 4. The molecule has 1 aromatic heterocycles. The largest absolute Gasteiger partial charge is 1.00 e. The van der Waals surface area contributed by atoms with Crippen molar-refractivity contribution in [3.05, 3.63) is 24.3 Å². The Bertz CT molecular complexity index is 264. The first-order valence-electron chi connectivity index (χ1n) is 2.81. The second kappa shape index (κ2) is 4.71. The van der Waals surface area contributed by atoms with Crippen LogP contribution in [-0.2, 0) is 0 Å². The van der Waals surface area contributed by atoms with Crippen molar-refractivity contribution in [1.29, 1.82) is 0 Å². The molecule has 0 aromatic carbocycles. The van der Waals surface area contributed by atoms with Crippen LogP contribution in [0.4, 0.5) is 17.3 Å². The molecule has 0 aliphatic heterocycles. The van der Waals surface area contributed by atoms with E-state index in [0.29, 0.717) is 6.07 Å². The first-order chi connectivity index (χ1) is 5.00. The summed E-state index contributed by atoms with van der Waals surface area (Å²) in [5.74, 6) is -1.11. The number of aromatic nitrogens is 1. The second-order valence-corrected chi connectivity index (χ2v) is 1.99. The third kappa shape index (κ3) is 3.53. The van der Waals surface area contributed by atoms with Crippen LogP contribution in [0.1, 0.15) is 0 Å². The zero-order valence-corrected chi connectivity index (χ0v) is 9.39. The van der Waals surface area contributed by atoms with E-state index in [1.165, 1.54) is 0 Å². The third-order valence-electron chi connectivity index (χ3n) is 1.13. The Morgan fingerprint density at radius 3 is 2.17 bits per heavy atom. The van der Waals surface area contributed by atoms with E-state index in [2.05, 4.69) is 4.98 Å². The monoisotopic (exact) mass is 203 g/mol. The molecule has 0 N–H and O–H groups in total. The van der Waals surface area contributed by atoms with Crippen molar-refractivity contribution >= 4 is 12.4 Å². The van der Waals surface area contributed by atoms with Gasteiger partial charge in [-0.15, -0.1) is 5.46 Å². The minimum absolute atomic E-state index is 0. The van der Waals surface area contributed by atoms with E-state index in [4.69, 9.17) is 0 Å². The molecular weight excluding hydrogens is 200 g/mol. The van der Waals surface area contributed by atoms with Gasteiger partial charge in [0.15, 0.2) is 0 Å². The van der Waals surface area contributed by atoms with Gasteiger partial charge in [0, 0.05) is 6.20 Å². The van der Waals surface area contributed by atoms with Crippen LogP contribution < -0.4 is 56.8 Å². The molecular formula is C5H3BF4KN. The van der Waals surface area contributed by atoms with Crippen LogP contribution >= 0.6 is 0 Å². The van der Waals surface area contributed by atoms with Crippen LogP contribution in [0.5, 0.6) is 0 Å². The van der Waals surface area contributed by atoms with Crippen molar-refractivity contribution in [3.63, 3.8) is 0 Å². The topological polar surface area (TPSA) is 12.9 Å². The molecule has 0 radical (unpaired) electrons. The van der Waals surface area contributed by atoms with Crippen molar-refractivity contribution in [1.82, 2.24) is 4.98 Å². The van der Waals surface area contributed by atoms with Crippen LogP contribution in [0.25, 0.3) is 0 Å². The van der Waals surface area contributed by atoms with Crippen molar-refractivity contribution in [2.75, 3.05) is 0 Å². The van der Waals surface area contributed by atoms with E-state index < -0.39 is 18.4 Å². The molecule has 1 nitrogen and oxygen atoms in total. The van der Waals surface area contributed by atoms with Gasteiger partial charge in [-0.2, -0.15) is 4.39 Å². The molecule has 0 aliphatic carbocycles. The predicted octanol–water partition coefficient (Wildman–Crippen LogP) is -1.72. The summed E-state index contributed by atoms with van der Waals surface area (Å²) in [6.07, 6.45) is 0.792. The van der Waals surface area contributed by atoms with Gasteiger partial charge >= 0.3 is 58.4 Å². The van der Waals surface area contributed by atoms with Gasteiger partial charge in [-0.05, 0) is 6.07 Å². The maximum Gasteiger partial charge on any atom is 1.00 e. The zero-order valence-electron chi connectivity index (χ0n) is 6.27. The fourth-order valence-corrected chi connectivity index (χ4v) is 0.621. The molecule has 1 rings (SSSR count). The van der Waals surface area contributed by atoms with Crippen LogP contribution in [-0.4, -0.2) is 12.0 Å². The molecule has 12 heavy (non-hydrogen) atoms. The van der Waals surface area contributed by atoms with Crippen molar-refractivity contribution in [3.8, 4) is 0 Å². The summed E-state index contributed by atoms with van der Waals surface area (Å²) >= 11 is 0. The maximum atomic E-state index is 12.1. The van der Waals surface area contributed by atoms with Crippen molar-refractivity contribution in [2.24, 2.45) is 0 Å². The van der Waals surface area contributed by atoms with Crippen LogP contribution in [0.2, 0.25) is 0 Å². The van der Waals surface area contributed by atoms with E-state index in [-0.39, 0.29) is 51.4 Å². The fraction of sp³-hybridized carbons (Fsp3) is 0. The number of hydrogen-bond acceptors (Lipinski definition) is 1. The molecule has 0 saturated heterocycles. The van der Waals surface area contributed by atoms with E-state index in [9.17, 15) is 17.3 Å². The first kappa shape index (κ1) is 12.6. The average molecular weight is 203 g/mol. The summed E-state index contributed by atoms with van der Waals surface area (Å²) in [5.41, 5.74) is -0.961.